The van der Waals surface area contributed by atoms with Crippen molar-refractivity contribution in [3.05, 3.63) is 0 Å². The molecule has 2 unspecified atom stereocenters. The van der Waals surface area contributed by atoms with Crippen LogP contribution in [0.25, 0.3) is 0 Å². The van der Waals surface area contributed by atoms with E-state index in [2.05, 4.69) is 42.8 Å². The molecular weight excluding hydrogens is 250 g/mol. The molecular formula is C16H33N3O. The van der Waals surface area contributed by atoms with Gasteiger partial charge in [0.2, 0.25) is 0 Å². The van der Waals surface area contributed by atoms with Crippen LogP contribution in [0.2, 0.25) is 0 Å². The van der Waals surface area contributed by atoms with Crippen LogP contribution in [0, 0.1) is 0 Å². The van der Waals surface area contributed by atoms with Crippen LogP contribution in [-0.2, 0) is 4.74 Å². The fourth-order valence-electron chi connectivity index (χ4n) is 3.25. The minimum atomic E-state index is 0.237. The maximum Gasteiger partial charge on any atom is 0.0594 e. The Hall–Kier alpha value is -0.160. The fraction of sp³-hybridized carbons (Fsp3) is 1.00. The molecule has 0 aliphatic carbocycles. The summed E-state index contributed by atoms with van der Waals surface area (Å²) in [6.45, 7) is 16.8. The van der Waals surface area contributed by atoms with Gasteiger partial charge in [-0.05, 0) is 47.1 Å². The monoisotopic (exact) mass is 283 g/mol. The largest absolute Gasteiger partial charge is 0.379 e. The van der Waals surface area contributed by atoms with Gasteiger partial charge >= 0.3 is 0 Å². The SMILES string of the molecule is CC(CCNC(C)(C)C)N1CCC(N2CCOCC2)C1. The number of rotatable bonds is 5. The van der Waals surface area contributed by atoms with Gasteiger partial charge in [-0.2, -0.15) is 0 Å². The highest BCUT2D eigenvalue weighted by Crippen LogP contribution is 2.20. The quantitative estimate of drug-likeness (QED) is 0.829. The molecule has 0 spiro atoms. The van der Waals surface area contributed by atoms with E-state index in [1.807, 2.05) is 0 Å². The van der Waals surface area contributed by atoms with Gasteiger partial charge in [-0.15, -0.1) is 0 Å². The van der Waals surface area contributed by atoms with Gasteiger partial charge in [-0.3, -0.25) is 9.80 Å². The zero-order valence-electron chi connectivity index (χ0n) is 13.8. The lowest BCUT2D eigenvalue weighted by atomic mass is 10.1. The van der Waals surface area contributed by atoms with Crippen molar-refractivity contribution in [3.63, 3.8) is 0 Å². The van der Waals surface area contributed by atoms with Gasteiger partial charge < -0.3 is 10.1 Å². The summed E-state index contributed by atoms with van der Waals surface area (Å²) in [7, 11) is 0. The van der Waals surface area contributed by atoms with Crippen molar-refractivity contribution in [1.29, 1.82) is 0 Å². The predicted octanol–water partition coefficient (Wildman–Crippen LogP) is 1.56. The van der Waals surface area contributed by atoms with Gasteiger partial charge in [0.1, 0.15) is 0 Å². The molecule has 0 aromatic heterocycles. The lowest BCUT2D eigenvalue weighted by molar-refractivity contribution is 0.0177. The van der Waals surface area contributed by atoms with E-state index in [1.165, 1.54) is 25.9 Å². The van der Waals surface area contributed by atoms with Gasteiger partial charge in [0, 0.05) is 43.8 Å². The van der Waals surface area contributed by atoms with Crippen LogP contribution >= 0.6 is 0 Å². The van der Waals surface area contributed by atoms with Crippen LogP contribution in [0.3, 0.4) is 0 Å². The van der Waals surface area contributed by atoms with Crippen LogP contribution in [-0.4, -0.2) is 73.4 Å². The summed E-state index contributed by atoms with van der Waals surface area (Å²) in [6, 6.07) is 1.45. The summed E-state index contributed by atoms with van der Waals surface area (Å²) in [4.78, 5) is 5.30. The zero-order chi connectivity index (χ0) is 14.6. The summed E-state index contributed by atoms with van der Waals surface area (Å²) < 4.78 is 5.45. The molecule has 4 nitrogen and oxygen atoms in total. The summed E-state index contributed by atoms with van der Waals surface area (Å²) in [5.74, 6) is 0. The average Bonchev–Trinajstić information content (AvgIpc) is 2.88. The Morgan fingerprint density at radius 1 is 1.20 bits per heavy atom. The number of morpholine rings is 1. The van der Waals surface area contributed by atoms with Gasteiger partial charge in [0.15, 0.2) is 0 Å². The Bertz CT molecular complexity index is 284. The number of hydrogen-bond acceptors (Lipinski definition) is 4. The molecule has 2 fully saturated rings. The van der Waals surface area contributed by atoms with Crippen LogP contribution < -0.4 is 5.32 Å². The Kier molecular flexibility index (Phi) is 5.84. The van der Waals surface area contributed by atoms with Crippen LogP contribution in [0.1, 0.15) is 40.5 Å². The van der Waals surface area contributed by atoms with Crippen LogP contribution in [0.4, 0.5) is 0 Å². The van der Waals surface area contributed by atoms with Crippen molar-refractivity contribution < 1.29 is 4.74 Å². The Labute approximate surface area is 124 Å². The first-order valence-corrected chi connectivity index (χ1v) is 8.26. The molecule has 2 saturated heterocycles. The smallest absolute Gasteiger partial charge is 0.0594 e. The molecule has 1 N–H and O–H groups in total. The third kappa shape index (κ3) is 4.99. The summed E-state index contributed by atoms with van der Waals surface area (Å²) >= 11 is 0. The van der Waals surface area contributed by atoms with Crippen LogP contribution in [0.15, 0.2) is 0 Å². The molecule has 4 heteroatoms. The second kappa shape index (κ2) is 7.21. The van der Waals surface area contributed by atoms with Gasteiger partial charge in [-0.25, -0.2) is 0 Å². The number of nitrogens with one attached hydrogen (secondary N) is 1. The molecule has 2 rings (SSSR count). The van der Waals surface area contributed by atoms with E-state index in [0.717, 1.165) is 38.9 Å². The van der Waals surface area contributed by atoms with E-state index in [1.54, 1.807) is 0 Å². The lowest BCUT2D eigenvalue weighted by Crippen LogP contribution is -2.45. The van der Waals surface area contributed by atoms with Crippen molar-refractivity contribution in [2.75, 3.05) is 45.9 Å². The maximum absolute atomic E-state index is 5.45. The van der Waals surface area contributed by atoms with Crippen molar-refractivity contribution >= 4 is 0 Å². The molecule has 2 heterocycles. The van der Waals surface area contributed by atoms with Crippen molar-refractivity contribution in [3.8, 4) is 0 Å². The highest BCUT2D eigenvalue weighted by atomic mass is 16.5. The average molecular weight is 283 g/mol. The van der Waals surface area contributed by atoms with E-state index in [0.29, 0.717) is 6.04 Å². The third-order valence-corrected chi connectivity index (χ3v) is 4.60. The van der Waals surface area contributed by atoms with Gasteiger partial charge in [0.05, 0.1) is 13.2 Å². The standard InChI is InChI=1S/C16H33N3O/c1-14(5-7-17-16(2,3)4)19-8-6-15(13-19)18-9-11-20-12-10-18/h14-15,17H,5-13H2,1-4H3. The van der Waals surface area contributed by atoms with E-state index in [9.17, 15) is 0 Å². The maximum atomic E-state index is 5.45. The van der Waals surface area contributed by atoms with Crippen molar-refractivity contribution in [2.24, 2.45) is 0 Å². The number of ether oxygens (including phenoxy) is 1. The minimum Gasteiger partial charge on any atom is -0.379 e. The van der Waals surface area contributed by atoms with E-state index in [-0.39, 0.29) is 5.54 Å². The van der Waals surface area contributed by atoms with Crippen LogP contribution in [0.5, 0.6) is 0 Å². The molecule has 2 aliphatic rings. The summed E-state index contributed by atoms with van der Waals surface area (Å²) in [5, 5.41) is 3.60. The van der Waals surface area contributed by atoms with E-state index >= 15 is 0 Å². The molecule has 0 aromatic carbocycles. The first-order chi connectivity index (χ1) is 9.46. The molecule has 0 amide bonds. The Morgan fingerprint density at radius 2 is 1.90 bits per heavy atom. The van der Waals surface area contributed by atoms with Gasteiger partial charge in [-0.1, -0.05) is 0 Å². The predicted molar refractivity (Wildman–Crippen MR) is 84.2 cm³/mol. The minimum absolute atomic E-state index is 0.237. The van der Waals surface area contributed by atoms with Crippen molar-refractivity contribution in [2.45, 2.75) is 58.2 Å². The van der Waals surface area contributed by atoms with E-state index < -0.39 is 0 Å². The summed E-state index contributed by atoms with van der Waals surface area (Å²) in [6.07, 6.45) is 2.57. The molecule has 0 saturated carbocycles. The molecule has 20 heavy (non-hydrogen) atoms. The molecule has 2 aliphatic heterocycles. The number of hydrogen-bond donors (Lipinski definition) is 1. The molecule has 2 atom stereocenters. The Morgan fingerprint density at radius 3 is 2.55 bits per heavy atom. The zero-order valence-corrected chi connectivity index (χ0v) is 13.8. The third-order valence-electron chi connectivity index (χ3n) is 4.60. The molecule has 0 bridgehead atoms. The first kappa shape index (κ1) is 16.2. The number of likely N-dealkylation sites (tertiary alicyclic amines) is 1. The Balaban J connectivity index is 1.68. The first-order valence-electron chi connectivity index (χ1n) is 8.26. The molecule has 118 valence electrons. The van der Waals surface area contributed by atoms with E-state index in [4.69, 9.17) is 4.74 Å². The molecule has 0 aromatic rings. The van der Waals surface area contributed by atoms with Gasteiger partial charge in [0.25, 0.3) is 0 Å². The normalized spacial score (nSPS) is 27.9. The fourth-order valence-corrected chi connectivity index (χ4v) is 3.25. The topological polar surface area (TPSA) is 27.7 Å². The summed E-state index contributed by atoms with van der Waals surface area (Å²) in [5.41, 5.74) is 0.237. The molecule has 0 radical (unpaired) electrons. The second-order valence-corrected chi connectivity index (χ2v) is 7.40. The lowest BCUT2D eigenvalue weighted by Gasteiger charge is -2.33. The second-order valence-electron chi connectivity index (χ2n) is 7.40. The highest BCUT2D eigenvalue weighted by molar-refractivity contribution is 4.87. The highest BCUT2D eigenvalue weighted by Gasteiger charge is 2.30. The number of nitrogens with zero attached hydrogens (tertiary/aromatic N) is 2. The van der Waals surface area contributed by atoms with Crippen molar-refractivity contribution in [1.82, 2.24) is 15.1 Å².